The third-order valence-electron chi connectivity index (χ3n) is 3.26. The van der Waals surface area contributed by atoms with Gasteiger partial charge in [0.05, 0.1) is 10.7 Å². The second-order valence-corrected chi connectivity index (χ2v) is 6.68. The van der Waals surface area contributed by atoms with Gasteiger partial charge < -0.3 is 15.5 Å². The van der Waals surface area contributed by atoms with Crippen LogP contribution in [0.4, 0.5) is 11.4 Å². The summed E-state index contributed by atoms with van der Waals surface area (Å²) >= 11 is 15.4. The minimum Gasteiger partial charge on any atom is -0.451 e. The summed E-state index contributed by atoms with van der Waals surface area (Å²) in [5.74, 6) is 0.284. The molecule has 4 nitrogen and oxygen atoms in total. The molecule has 7 heteroatoms. The van der Waals surface area contributed by atoms with Gasteiger partial charge in [0.1, 0.15) is 5.76 Å². The molecule has 0 spiro atoms. The van der Waals surface area contributed by atoms with E-state index in [0.717, 1.165) is 10.0 Å². The zero-order valence-electron chi connectivity index (χ0n) is 12.1. The number of halogens is 3. The summed E-state index contributed by atoms with van der Waals surface area (Å²) in [6.07, 6.45) is 0. The number of carbonyl (C=O) groups excluding carboxylic acids is 1. The number of furan rings is 1. The van der Waals surface area contributed by atoms with Crippen molar-refractivity contribution in [1.29, 1.82) is 0 Å². The van der Waals surface area contributed by atoms with Crippen LogP contribution >= 0.6 is 39.1 Å². The molecule has 0 saturated heterocycles. The van der Waals surface area contributed by atoms with E-state index in [2.05, 4.69) is 21.2 Å². The lowest BCUT2D eigenvalue weighted by Gasteiger charge is -2.06. The predicted octanol–water partition coefficient (Wildman–Crippen LogP) is 5.85. The molecule has 0 saturated carbocycles. The average Bonchev–Trinajstić information content (AvgIpc) is 3.00. The SMILES string of the molecule is Nc1ccc(Cl)c(NC(=O)c2ccc(-c3ccc(Cl)cc3Br)o2)c1. The van der Waals surface area contributed by atoms with Crippen LogP contribution in [0.1, 0.15) is 10.6 Å². The van der Waals surface area contributed by atoms with E-state index in [1.54, 1.807) is 42.5 Å². The number of nitrogen functional groups attached to an aromatic ring is 1. The highest BCUT2D eigenvalue weighted by molar-refractivity contribution is 9.10. The van der Waals surface area contributed by atoms with Gasteiger partial charge in [-0.25, -0.2) is 0 Å². The van der Waals surface area contributed by atoms with E-state index in [1.165, 1.54) is 0 Å². The van der Waals surface area contributed by atoms with Gasteiger partial charge in [0, 0.05) is 20.7 Å². The number of nitrogens with two attached hydrogens (primary N) is 1. The normalized spacial score (nSPS) is 10.6. The van der Waals surface area contributed by atoms with Gasteiger partial charge in [0.25, 0.3) is 5.91 Å². The minimum absolute atomic E-state index is 0.158. The number of benzene rings is 2. The van der Waals surface area contributed by atoms with Gasteiger partial charge in [-0.2, -0.15) is 0 Å². The van der Waals surface area contributed by atoms with Gasteiger partial charge in [-0.3, -0.25) is 4.79 Å². The Hall–Kier alpha value is -1.95. The third-order valence-corrected chi connectivity index (χ3v) is 4.49. The van der Waals surface area contributed by atoms with Gasteiger partial charge in [-0.1, -0.05) is 23.2 Å². The van der Waals surface area contributed by atoms with Gasteiger partial charge in [0.2, 0.25) is 0 Å². The first-order valence-corrected chi connectivity index (χ1v) is 8.40. The summed E-state index contributed by atoms with van der Waals surface area (Å²) < 4.78 is 6.41. The smallest absolute Gasteiger partial charge is 0.291 e. The van der Waals surface area contributed by atoms with Crippen LogP contribution in [0.15, 0.2) is 57.4 Å². The number of anilines is 2. The lowest BCUT2D eigenvalue weighted by atomic mass is 10.2. The Balaban J connectivity index is 1.85. The maximum atomic E-state index is 12.3. The number of nitrogens with one attached hydrogen (secondary N) is 1. The lowest BCUT2D eigenvalue weighted by Crippen LogP contribution is -2.11. The fraction of sp³-hybridized carbons (Fsp3) is 0. The molecular formula is C17H11BrCl2N2O2. The van der Waals surface area contributed by atoms with Crippen LogP contribution in [0.3, 0.4) is 0 Å². The first-order chi connectivity index (χ1) is 11.4. The molecule has 1 aromatic heterocycles. The van der Waals surface area contributed by atoms with Crippen molar-refractivity contribution in [2.45, 2.75) is 0 Å². The summed E-state index contributed by atoms with van der Waals surface area (Å²) in [4.78, 5) is 12.3. The van der Waals surface area contributed by atoms with E-state index < -0.39 is 5.91 Å². The zero-order valence-corrected chi connectivity index (χ0v) is 15.2. The Labute approximate surface area is 156 Å². The maximum absolute atomic E-state index is 12.3. The Bertz CT molecular complexity index is 925. The summed E-state index contributed by atoms with van der Waals surface area (Å²) in [5.41, 5.74) is 7.42. The highest BCUT2D eigenvalue weighted by Crippen LogP contribution is 2.32. The molecular weight excluding hydrogens is 415 g/mol. The Morgan fingerprint density at radius 2 is 1.88 bits per heavy atom. The summed E-state index contributed by atoms with van der Waals surface area (Å²) in [6.45, 7) is 0. The number of amides is 1. The van der Waals surface area contributed by atoms with Crippen molar-refractivity contribution in [3.8, 4) is 11.3 Å². The van der Waals surface area contributed by atoms with Crippen molar-refractivity contribution in [1.82, 2.24) is 0 Å². The first kappa shape index (κ1) is 16.9. The van der Waals surface area contributed by atoms with Crippen LogP contribution < -0.4 is 11.1 Å². The minimum atomic E-state index is -0.418. The lowest BCUT2D eigenvalue weighted by molar-refractivity contribution is 0.0997. The molecule has 24 heavy (non-hydrogen) atoms. The van der Waals surface area contributed by atoms with Crippen LogP contribution in [-0.2, 0) is 0 Å². The van der Waals surface area contributed by atoms with Crippen molar-refractivity contribution in [3.05, 3.63) is 68.8 Å². The Morgan fingerprint density at radius 3 is 2.62 bits per heavy atom. The molecule has 122 valence electrons. The summed E-state index contributed by atoms with van der Waals surface area (Å²) in [7, 11) is 0. The molecule has 3 N–H and O–H groups in total. The van der Waals surface area contributed by atoms with Crippen molar-refractivity contribution >= 4 is 56.4 Å². The fourth-order valence-corrected chi connectivity index (χ4v) is 3.16. The Kier molecular flexibility index (Phi) is 4.85. The van der Waals surface area contributed by atoms with E-state index in [0.29, 0.717) is 27.2 Å². The second kappa shape index (κ2) is 6.89. The van der Waals surface area contributed by atoms with E-state index in [4.69, 9.17) is 33.4 Å². The molecule has 0 fully saturated rings. The highest BCUT2D eigenvalue weighted by Gasteiger charge is 2.15. The second-order valence-electron chi connectivity index (χ2n) is 4.98. The molecule has 1 heterocycles. The van der Waals surface area contributed by atoms with Crippen molar-refractivity contribution < 1.29 is 9.21 Å². The van der Waals surface area contributed by atoms with Gasteiger partial charge in [-0.05, 0) is 64.5 Å². The fourth-order valence-electron chi connectivity index (χ4n) is 2.12. The molecule has 1 amide bonds. The topological polar surface area (TPSA) is 68.3 Å². The number of hydrogen-bond acceptors (Lipinski definition) is 3. The molecule has 0 aliphatic carbocycles. The van der Waals surface area contributed by atoms with Gasteiger partial charge >= 0.3 is 0 Å². The molecule has 0 radical (unpaired) electrons. The quantitative estimate of drug-likeness (QED) is 0.517. The molecule has 3 aromatic rings. The van der Waals surface area contributed by atoms with E-state index in [-0.39, 0.29) is 5.76 Å². The van der Waals surface area contributed by atoms with Crippen LogP contribution in [0.25, 0.3) is 11.3 Å². The Morgan fingerprint density at radius 1 is 1.08 bits per heavy atom. The zero-order chi connectivity index (χ0) is 17.3. The highest BCUT2D eigenvalue weighted by atomic mass is 79.9. The largest absolute Gasteiger partial charge is 0.451 e. The molecule has 3 rings (SSSR count). The van der Waals surface area contributed by atoms with Crippen LogP contribution in [0, 0.1) is 0 Å². The average molecular weight is 426 g/mol. The molecule has 0 aliphatic rings. The number of hydrogen-bond donors (Lipinski definition) is 2. The monoisotopic (exact) mass is 424 g/mol. The molecule has 2 aromatic carbocycles. The van der Waals surface area contributed by atoms with Crippen LogP contribution in [0.5, 0.6) is 0 Å². The maximum Gasteiger partial charge on any atom is 0.291 e. The van der Waals surface area contributed by atoms with Crippen molar-refractivity contribution in [3.63, 3.8) is 0 Å². The van der Waals surface area contributed by atoms with E-state index >= 15 is 0 Å². The van der Waals surface area contributed by atoms with Crippen molar-refractivity contribution in [2.75, 3.05) is 11.1 Å². The van der Waals surface area contributed by atoms with Crippen molar-refractivity contribution in [2.24, 2.45) is 0 Å². The van der Waals surface area contributed by atoms with Crippen LogP contribution in [0.2, 0.25) is 10.0 Å². The number of rotatable bonds is 3. The van der Waals surface area contributed by atoms with E-state index in [9.17, 15) is 4.79 Å². The third kappa shape index (κ3) is 3.59. The molecule has 0 unspecified atom stereocenters. The van der Waals surface area contributed by atoms with Gasteiger partial charge in [-0.15, -0.1) is 0 Å². The molecule has 0 bridgehead atoms. The molecule has 0 atom stereocenters. The standard InChI is InChI=1S/C17H11BrCl2N2O2/c18-12-7-9(19)1-3-11(12)15-5-6-16(24-15)17(23)22-14-8-10(21)2-4-13(14)20/h1-8H,21H2,(H,22,23). The van der Waals surface area contributed by atoms with E-state index in [1.807, 2.05) is 6.07 Å². The molecule has 0 aliphatic heterocycles. The summed E-state index contributed by atoms with van der Waals surface area (Å²) in [6, 6.07) is 13.5. The first-order valence-electron chi connectivity index (χ1n) is 6.85. The number of carbonyl (C=O) groups is 1. The van der Waals surface area contributed by atoms with Crippen LogP contribution in [-0.4, -0.2) is 5.91 Å². The summed E-state index contributed by atoms with van der Waals surface area (Å²) in [5, 5.41) is 3.67. The predicted molar refractivity (Wildman–Crippen MR) is 101 cm³/mol. The van der Waals surface area contributed by atoms with Gasteiger partial charge in [0.15, 0.2) is 5.76 Å².